The molecule has 0 radical (unpaired) electrons. The highest BCUT2D eigenvalue weighted by atomic mass is 35.5. The highest BCUT2D eigenvalue weighted by molar-refractivity contribution is 7.92. The van der Waals surface area contributed by atoms with Crippen LogP contribution in [0, 0.1) is 0 Å². The van der Waals surface area contributed by atoms with Crippen molar-refractivity contribution in [1.29, 1.82) is 0 Å². The van der Waals surface area contributed by atoms with E-state index in [0.717, 1.165) is 0 Å². The molecule has 0 saturated carbocycles. The fourth-order valence-electron chi connectivity index (χ4n) is 2.21. The summed E-state index contributed by atoms with van der Waals surface area (Å²) in [5.74, 6) is -0.336. The molecule has 1 heterocycles. The molecular formula is C15H12Cl2N2O4S. The van der Waals surface area contributed by atoms with Gasteiger partial charge in [0.25, 0.3) is 15.9 Å². The first-order chi connectivity index (χ1) is 11.3. The maximum Gasteiger partial charge on any atom is 0.265 e. The summed E-state index contributed by atoms with van der Waals surface area (Å²) >= 11 is 11.8. The zero-order valence-electron chi connectivity index (χ0n) is 12.3. The van der Waals surface area contributed by atoms with E-state index in [0.29, 0.717) is 10.7 Å². The summed E-state index contributed by atoms with van der Waals surface area (Å²) in [5, 5.41) is 3.12. The van der Waals surface area contributed by atoms with Gasteiger partial charge in [-0.15, -0.1) is 0 Å². The fourth-order valence-corrected chi connectivity index (χ4v) is 3.91. The number of hydrogen-bond donors (Lipinski definition) is 2. The molecule has 2 aromatic carbocycles. The Kier molecular flexibility index (Phi) is 4.33. The van der Waals surface area contributed by atoms with Crippen LogP contribution in [0.15, 0.2) is 41.3 Å². The Hall–Kier alpha value is -1.96. The first kappa shape index (κ1) is 16.9. The molecule has 1 atom stereocenters. The highest BCUT2D eigenvalue weighted by Crippen LogP contribution is 2.39. The van der Waals surface area contributed by atoms with E-state index in [9.17, 15) is 13.2 Å². The number of fused-ring (bicyclic) bond motifs is 1. The second kappa shape index (κ2) is 6.16. The SMILES string of the molecule is CC1Oc2c(cc(Cl)cc2S(=O)(=O)Nc2cccc(Cl)c2)NC1=O. The first-order valence-corrected chi connectivity index (χ1v) is 9.09. The second-order valence-electron chi connectivity index (χ2n) is 5.15. The lowest BCUT2D eigenvalue weighted by atomic mass is 10.2. The van der Waals surface area contributed by atoms with Crippen molar-refractivity contribution in [3.63, 3.8) is 0 Å². The first-order valence-electron chi connectivity index (χ1n) is 6.86. The number of rotatable bonds is 3. The van der Waals surface area contributed by atoms with Crippen molar-refractivity contribution in [1.82, 2.24) is 0 Å². The summed E-state index contributed by atoms with van der Waals surface area (Å²) in [6.07, 6.45) is -0.821. The van der Waals surface area contributed by atoms with E-state index in [1.54, 1.807) is 18.2 Å². The van der Waals surface area contributed by atoms with Gasteiger partial charge in [-0.1, -0.05) is 29.3 Å². The Morgan fingerprint density at radius 3 is 2.62 bits per heavy atom. The van der Waals surface area contributed by atoms with Crippen molar-refractivity contribution in [2.45, 2.75) is 17.9 Å². The third kappa shape index (κ3) is 3.28. The molecule has 1 aliphatic heterocycles. The number of benzene rings is 2. The smallest absolute Gasteiger partial charge is 0.265 e. The molecule has 0 saturated heterocycles. The van der Waals surface area contributed by atoms with E-state index in [1.807, 2.05) is 0 Å². The van der Waals surface area contributed by atoms with Crippen LogP contribution >= 0.6 is 23.2 Å². The average molecular weight is 387 g/mol. The lowest BCUT2D eigenvalue weighted by molar-refractivity contribution is -0.122. The van der Waals surface area contributed by atoms with Gasteiger partial charge in [-0.2, -0.15) is 0 Å². The molecule has 126 valence electrons. The minimum Gasteiger partial charge on any atom is -0.477 e. The van der Waals surface area contributed by atoms with Gasteiger partial charge in [-0.25, -0.2) is 8.42 Å². The Balaban J connectivity index is 2.07. The van der Waals surface area contributed by atoms with Crippen LogP contribution in [0.1, 0.15) is 6.92 Å². The van der Waals surface area contributed by atoms with Gasteiger partial charge in [0, 0.05) is 10.0 Å². The van der Waals surface area contributed by atoms with Gasteiger partial charge in [0.15, 0.2) is 11.9 Å². The number of carbonyl (C=O) groups excluding carboxylic acids is 1. The third-order valence-corrected chi connectivity index (χ3v) is 5.15. The molecule has 0 bridgehead atoms. The number of halogens is 2. The van der Waals surface area contributed by atoms with E-state index in [4.69, 9.17) is 27.9 Å². The van der Waals surface area contributed by atoms with Crippen LogP contribution in [0.2, 0.25) is 10.0 Å². The number of anilines is 2. The largest absolute Gasteiger partial charge is 0.477 e. The second-order valence-corrected chi connectivity index (χ2v) is 7.67. The number of carbonyl (C=O) groups is 1. The molecule has 9 heteroatoms. The molecule has 2 aromatic rings. The average Bonchev–Trinajstić information content (AvgIpc) is 2.47. The summed E-state index contributed by atoms with van der Waals surface area (Å²) in [6, 6.07) is 8.97. The number of hydrogen-bond acceptors (Lipinski definition) is 4. The zero-order chi connectivity index (χ0) is 17.5. The molecule has 6 nitrogen and oxygen atoms in total. The van der Waals surface area contributed by atoms with Gasteiger partial charge in [0.2, 0.25) is 0 Å². The molecular weight excluding hydrogens is 375 g/mol. The molecule has 2 N–H and O–H groups in total. The van der Waals surface area contributed by atoms with Crippen LogP contribution in [0.4, 0.5) is 11.4 Å². The maximum atomic E-state index is 12.7. The van der Waals surface area contributed by atoms with Crippen molar-refractivity contribution < 1.29 is 17.9 Å². The topological polar surface area (TPSA) is 84.5 Å². The van der Waals surface area contributed by atoms with Gasteiger partial charge in [0.05, 0.1) is 11.4 Å². The fraction of sp³-hybridized carbons (Fsp3) is 0.133. The molecule has 3 rings (SSSR count). The van der Waals surface area contributed by atoms with Crippen LogP contribution in [-0.4, -0.2) is 20.4 Å². The Bertz CT molecular complexity index is 931. The molecule has 0 aromatic heterocycles. The van der Waals surface area contributed by atoms with E-state index >= 15 is 0 Å². The van der Waals surface area contributed by atoms with Gasteiger partial charge < -0.3 is 10.1 Å². The van der Waals surface area contributed by atoms with Crippen LogP contribution in [-0.2, 0) is 14.8 Å². The molecule has 1 unspecified atom stereocenters. The summed E-state index contributed by atoms with van der Waals surface area (Å²) < 4.78 is 33.3. The molecule has 1 aliphatic rings. The van der Waals surface area contributed by atoms with E-state index < -0.39 is 16.1 Å². The van der Waals surface area contributed by atoms with Crippen molar-refractivity contribution >= 4 is 50.5 Å². The monoisotopic (exact) mass is 386 g/mol. The van der Waals surface area contributed by atoms with Crippen molar-refractivity contribution in [2.24, 2.45) is 0 Å². The van der Waals surface area contributed by atoms with Crippen LogP contribution in [0.25, 0.3) is 0 Å². The van der Waals surface area contributed by atoms with Gasteiger partial charge >= 0.3 is 0 Å². The van der Waals surface area contributed by atoms with Crippen LogP contribution in [0.3, 0.4) is 0 Å². The summed E-state index contributed by atoms with van der Waals surface area (Å²) in [7, 11) is -4.00. The van der Waals surface area contributed by atoms with Crippen molar-refractivity contribution in [3.05, 3.63) is 46.4 Å². The Labute approximate surface area is 148 Å². The summed E-state index contributed by atoms with van der Waals surface area (Å²) in [4.78, 5) is 11.5. The Morgan fingerprint density at radius 2 is 1.92 bits per heavy atom. The standard InChI is InChI=1S/C15H12Cl2N2O4S/c1-8-15(20)18-12-6-10(17)7-13(14(12)23-8)24(21,22)19-11-4-2-3-9(16)5-11/h2-8,19H,1H3,(H,18,20). The number of nitrogens with one attached hydrogen (secondary N) is 2. The minimum absolute atomic E-state index is 0.0426. The number of amides is 1. The predicted octanol–water partition coefficient (Wildman–Crippen LogP) is 3.51. The minimum atomic E-state index is -4.00. The van der Waals surface area contributed by atoms with Crippen molar-refractivity contribution in [2.75, 3.05) is 10.0 Å². The number of sulfonamides is 1. The quantitative estimate of drug-likeness (QED) is 0.844. The lowest BCUT2D eigenvalue weighted by Gasteiger charge is -2.25. The van der Waals surface area contributed by atoms with E-state index in [-0.39, 0.29) is 27.3 Å². The van der Waals surface area contributed by atoms with Crippen LogP contribution < -0.4 is 14.8 Å². The van der Waals surface area contributed by atoms with Crippen LogP contribution in [0.5, 0.6) is 5.75 Å². The van der Waals surface area contributed by atoms with Gasteiger partial charge in [-0.3, -0.25) is 9.52 Å². The van der Waals surface area contributed by atoms with Gasteiger partial charge in [0.1, 0.15) is 4.90 Å². The molecule has 0 spiro atoms. The summed E-state index contributed by atoms with van der Waals surface area (Å²) in [5.41, 5.74) is 0.501. The lowest BCUT2D eigenvalue weighted by Crippen LogP contribution is -2.35. The van der Waals surface area contributed by atoms with E-state index in [2.05, 4.69) is 10.0 Å². The maximum absolute atomic E-state index is 12.7. The molecule has 1 amide bonds. The summed E-state index contributed by atoms with van der Waals surface area (Å²) in [6.45, 7) is 1.52. The molecule has 0 aliphatic carbocycles. The highest BCUT2D eigenvalue weighted by Gasteiger charge is 2.31. The van der Waals surface area contributed by atoms with E-state index in [1.165, 1.54) is 25.1 Å². The third-order valence-electron chi connectivity index (χ3n) is 3.31. The van der Waals surface area contributed by atoms with Crippen molar-refractivity contribution in [3.8, 4) is 5.75 Å². The molecule has 24 heavy (non-hydrogen) atoms. The normalized spacial score (nSPS) is 16.8. The predicted molar refractivity (Wildman–Crippen MR) is 92.4 cm³/mol. The number of ether oxygens (including phenoxy) is 1. The Morgan fingerprint density at radius 1 is 1.17 bits per heavy atom. The molecule has 0 fully saturated rings. The van der Waals surface area contributed by atoms with Gasteiger partial charge in [-0.05, 0) is 37.3 Å². The zero-order valence-corrected chi connectivity index (χ0v) is 14.7.